The van der Waals surface area contributed by atoms with E-state index in [4.69, 9.17) is 24.7 Å². The maximum Gasteiger partial charge on any atom is 0.501 e. The molecule has 0 aromatic rings. The molecule has 4 N–H and O–H groups in total. The Morgan fingerprint density at radius 1 is 1.06 bits per heavy atom. The number of hydrogen-bond acceptors (Lipinski definition) is 5. The summed E-state index contributed by atoms with van der Waals surface area (Å²) in [5.74, 6) is 0. The molecule has 0 amide bonds. The minimum absolute atomic E-state index is 0.253. The summed E-state index contributed by atoms with van der Waals surface area (Å²) in [6.45, 7) is 8.97. The fraction of sp³-hybridized carbons (Fsp3) is 1.00. The molecule has 1 atom stereocenters. The first-order valence-electron chi connectivity index (χ1n) is 5.98. The van der Waals surface area contributed by atoms with Gasteiger partial charge in [0.25, 0.3) is 0 Å². The Balaban J connectivity index is 4.57. The molecule has 0 aromatic carbocycles. The SMILES string of the molecule is CCC[Si](OCC)(OCC)OC(C)C(N)N. The van der Waals surface area contributed by atoms with Gasteiger partial charge in [-0.1, -0.05) is 13.3 Å². The van der Waals surface area contributed by atoms with E-state index in [-0.39, 0.29) is 6.10 Å². The standard InChI is InChI=1S/C10H26N2O3Si/c1-5-8-16(13-6-2,14-7-3)15-9(4)10(11)12/h9-10H,5-8,11-12H2,1-4H3. The molecule has 0 heterocycles. The second-order valence-electron chi connectivity index (χ2n) is 3.70. The molecule has 0 spiro atoms. The molecular formula is C10H26N2O3Si. The normalized spacial score (nSPS) is 14.4. The Morgan fingerprint density at radius 3 is 1.88 bits per heavy atom. The third kappa shape index (κ3) is 5.38. The van der Waals surface area contributed by atoms with E-state index in [2.05, 4.69) is 6.92 Å². The summed E-state index contributed by atoms with van der Waals surface area (Å²) >= 11 is 0. The second kappa shape index (κ2) is 8.16. The molecule has 16 heavy (non-hydrogen) atoms. The average Bonchev–Trinajstić information content (AvgIpc) is 2.18. The van der Waals surface area contributed by atoms with Gasteiger partial charge in [-0.25, -0.2) is 0 Å². The lowest BCUT2D eigenvalue weighted by atomic mass is 10.3. The molecule has 5 nitrogen and oxygen atoms in total. The first-order valence-corrected chi connectivity index (χ1v) is 7.91. The van der Waals surface area contributed by atoms with E-state index < -0.39 is 15.0 Å². The van der Waals surface area contributed by atoms with Crippen LogP contribution in [0.3, 0.4) is 0 Å². The van der Waals surface area contributed by atoms with Crippen molar-refractivity contribution in [3.8, 4) is 0 Å². The Morgan fingerprint density at radius 2 is 1.56 bits per heavy atom. The van der Waals surface area contributed by atoms with Crippen LogP contribution in [-0.2, 0) is 13.3 Å². The molecule has 0 radical (unpaired) electrons. The van der Waals surface area contributed by atoms with E-state index in [0.29, 0.717) is 13.2 Å². The summed E-state index contributed by atoms with van der Waals surface area (Å²) in [5, 5.41) is 0. The van der Waals surface area contributed by atoms with Gasteiger partial charge in [-0.15, -0.1) is 0 Å². The third-order valence-electron chi connectivity index (χ3n) is 2.19. The maximum absolute atomic E-state index is 5.87. The van der Waals surface area contributed by atoms with Crippen LogP contribution in [0.2, 0.25) is 6.04 Å². The average molecular weight is 250 g/mol. The molecule has 0 saturated carbocycles. The molecule has 0 aliphatic carbocycles. The summed E-state index contributed by atoms with van der Waals surface area (Å²) in [7, 11) is -2.58. The molecule has 6 heteroatoms. The molecular weight excluding hydrogens is 224 g/mol. The van der Waals surface area contributed by atoms with Gasteiger partial charge in [0, 0.05) is 19.3 Å². The zero-order chi connectivity index (χ0) is 12.6. The van der Waals surface area contributed by atoms with Gasteiger partial charge in [-0.3, -0.25) is 0 Å². The van der Waals surface area contributed by atoms with Gasteiger partial charge >= 0.3 is 8.80 Å². The third-order valence-corrected chi connectivity index (χ3v) is 5.49. The van der Waals surface area contributed by atoms with Crippen LogP contribution in [0.1, 0.15) is 34.1 Å². The van der Waals surface area contributed by atoms with Crippen LogP contribution in [0.5, 0.6) is 0 Å². The molecule has 98 valence electrons. The monoisotopic (exact) mass is 250 g/mol. The molecule has 0 rings (SSSR count). The molecule has 0 aromatic heterocycles. The van der Waals surface area contributed by atoms with Gasteiger partial charge in [0.05, 0.1) is 12.3 Å². The lowest BCUT2D eigenvalue weighted by Crippen LogP contribution is -2.53. The molecule has 0 saturated heterocycles. The van der Waals surface area contributed by atoms with Gasteiger partial charge in [-0.2, -0.15) is 0 Å². The second-order valence-corrected chi connectivity index (χ2v) is 6.38. The van der Waals surface area contributed by atoms with Gasteiger partial charge < -0.3 is 24.7 Å². The first kappa shape index (κ1) is 16.0. The van der Waals surface area contributed by atoms with Crippen LogP contribution in [-0.4, -0.2) is 34.3 Å². The van der Waals surface area contributed by atoms with Crippen molar-refractivity contribution < 1.29 is 13.3 Å². The van der Waals surface area contributed by atoms with Gasteiger partial charge in [0.15, 0.2) is 0 Å². The highest BCUT2D eigenvalue weighted by molar-refractivity contribution is 6.60. The van der Waals surface area contributed by atoms with Crippen LogP contribution in [0.4, 0.5) is 0 Å². The van der Waals surface area contributed by atoms with Crippen molar-refractivity contribution >= 4 is 8.80 Å². The van der Waals surface area contributed by atoms with E-state index in [0.717, 1.165) is 12.5 Å². The highest BCUT2D eigenvalue weighted by Crippen LogP contribution is 2.20. The number of hydrogen-bond donors (Lipinski definition) is 2. The van der Waals surface area contributed by atoms with Crippen LogP contribution < -0.4 is 11.5 Å². The zero-order valence-corrected chi connectivity index (χ0v) is 11.9. The van der Waals surface area contributed by atoms with Crippen molar-refractivity contribution in [3.05, 3.63) is 0 Å². The van der Waals surface area contributed by atoms with Crippen LogP contribution >= 0.6 is 0 Å². The fourth-order valence-electron chi connectivity index (χ4n) is 1.42. The van der Waals surface area contributed by atoms with Crippen molar-refractivity contribution in [2.75, 3.05) is 13.2 Å². The van der Waals surface area contributed by atoms with E-state index in [1.807, 2.05) is 20.8 Å². The Kier molecular flexibility index (Phi) is 8.17. The molecule has 0 aliphatic heterocycles. The van der Waals surface area contributed by atoms with E-state index in [9.17, 15) is 0 Å². The van der Waals surface area contributed by atoms with Crippen molar-refractivity contribution in [2.45, 2.75) is 52.4 Å². The van der Waals surface area contributed by atoms with E-state index in [1.165, 1.54) is 0 Å². The van der Waals surface area contributed by atoms with Crippen LogP contribution in [0.15, 0.2) is 0 Å². The van der Waals surface area contributed by atoms with Gasteiger partial charge in [0.2, 0.25) is 0 Å². The highest BCUT2D eigenvalue weighted by atomic mass is 28.4. The fourth-order valence-corrected chi connectivity index (χ4v) is 4.26. The van der Waals surface area contributed by atoms with E-state index in [1.54, 1.807) is 0 Å². The summed E-state index contributed by atoms with van der Waals surface area (Å²) in [6, 6.07) is 0.797. The predicted octanol–water partition coefficient (Wildman–Crippen LogP) is 1.06. The maximum atomic E-state index is 5.87. The Bertz CT molecular complexity index is 164. The summed E-state index contributed by atoms with van der Waals surface area (Å²) in [4.78, 5) is 0. The summed E-state index contributed by atoms with van der Waals surface area (Å²) < 4.78 is 17.3. The van der Waals surface area contributed by atoms with Crippen molar-refractivity contribution in [3.63, 3.8) is 0 Å². The van der Waals surface area contributed by atoms with Crippen molar-refractivity contribution in [1.82, 2.24) is 0 Å². The number of rotatable bonds is 9. The Labute approximate surface area is 99.8 Å². The quantitative estimate of drug-likeness (QED) is 0.472. The van der Waals surface area contributed by atoms with Crippen LogP contribution in [0, 0.1) is 0 Å². The van der Waals surface area contributed by atoms with Crippen LogP contribution in [0.25, 0.3) is 0 Å². The smallest absolute Gasteiger partial charge is 0.374 e. The van der Waals surface area contributed by atoms with Gasteiger partial charge in [-0.05, 0) is 20.8 Å². The summed E-state index contributed by atoms with van der Waals surface area (Å²) in [5.41, 5.74) is 11.2. The highest BCUT2D eigenvalue weighted by Gasteiger charge is 2.41. The molecule has 0 fully saturated rings. The Hall–Kier alpha value is 0.0169. The first-order chi connectivity index (χ1) is 7.51. The largest absolute Gasteiger partial charge is 0.501 e. The minimum Gasteiger partial charge on any atom is -0.374 e. The number of nitrogens with two attached hydrogens (primary N) is 2. The van der Waals surface area contributed by atoms with Crippen molar-refractivity contribution in [2.24, 2.45) is 11.5 Å². The van der Waals surface area contributed by atoms with E-state index >= 15 is 0 Å². The minimum atomic E-state index is -2.58. The topological polar surface area (TPSA) is 79.7 Å². The van der Waals surface area contributed by atoms with Gasteiger partial charge in [0.1, 0.15) is 0 Å². The lowest BCUT2D eigenvalue weighted by molar-refractivity contribution is 0.0301. The van der Waals surface area contributed by atoms with Crippen molar-refractivity contribution in [1.29, 1.82) is 0 Å². The summed E-state index contributed by atoms with van der Waals surface area (Å²) in [6.07, 6.45) is 0.194. The molecule has 1 unspecified atom stereocenters. The lowest BCUT2D eigenvalue weighted by Gasteiger charge is -2.32. The zero-order valence-electron chi connectivity index (χ0n) is 10.9. The predicted molar refractivity (Wildman–Crippen MR) is 66.8 cm³/mol. The molecule has 0 aliphatic rings. The molecule has 0 bridgehead atoms.